The fraction of sp³-hybridized carbons (Fsp3) is 0.571. The molecule has 0 bridgehead atoms. The number of hydrogen-bond acceptors (Lipinski definition) is 4. The molecule has 1 fully saturated rings. The number of likely N-dealkylation sites (tertiary alicyclic amines) is 1. The number of methoxy groups -OCH3 is 1. The lowest BCUT2D eigenvalue weighted by atomic mass is 9.90. The minimum atomic E-state index is -0.852. The van der Waals surface area contributed by atoms with Crippen LogP contribution < -0.4 is 0 Å². The van der Waals surface area contributed by atoms with Crippen molar-refractivity contribution in [2.45, 2.75) is 32.4 Å². The number of aliphatic carboxylic acids is 1. The Labute approximate surface area is 117 Å². The molecule has 0 aromatic carbocycles. The summed E-state index contributed by atoms with van der Waals surface area (Å²) in [6.07, 6.45) is 1.30. The first-order valence-electron chi connectivity index (χ1n) is 6.66. The topological polar surface area (TPSA) is 80.0 Å². The van der Waals surface area contributed by atoms with Crippen LogP contribution in [0.25, 0.3) is 0 Å². The number of carboxylic acids is 1. The molecule has 20 heavy (non-hydrogen) atoms. The molecule has 0 saturated carbocycles. The van der Waals surface area contributed by atoms with Crippen LogP contribution in [0.4, 0.5) is 0 Å². The van der Waals surface area contributed by atoms with Gasteiger partial charge in [-0.15, -0.1) is 0 Å². The third-order valence-corrected chi connectivity index (χ3v) is 3.73. The molecule has 110 valence electrons. The Morgan fingerprint density at radius 1 is 1.50 bits per heavy atom. The molecule has 1 aliphatic heterocycles. The van der Waals surface area contributed by atoms with Crippen molar-refractivity contribution in [2.75, 3.05) is 13.7 Å². The molecule has 1 saturated heterocycles. The number of piperidine rings is 1. The SMILES string of the molecule is COCc1ccc(C(=O)N2CCC[C@H](C(=O)O)[C@@H]2C)o1. The predicted molar refractivity (Wildman–Crippen MR) is 70.3 cm³/mol. The van der Waals surface area contributed by atoms with E-state index < -0.39 is 11.9 Å². The van der Waals surface area contributed by atoms with Crippen molar-refractivity contribution in [1.82, 2.24) is 4.90 Å². The largest absolute Gasteiger partial charge is 0.481 e. The number of nitrogens with zero attached hydrogens (tertiary/aromatic N) is 1. The zero-order valence-electron chi connectivity index (χ0n) is 11.7. The number of furan rings is 1. The molecule has 6 nitrogen and oxygen atoms in total. The lowest BCUT2D eigenvalue weighted by Gasteiger charge is -2.36. The number of hydrogen-bond donors (Lipinski definition) is 1. The Morgan fingerprint density at radius 3 is 2.90 bits per heavy atom. The zero-order valence-corrected chi connectivity index (χ0v) is 11.7. The van der Waals surface area contributed by atoms with Crippen LogP contribution in [0.3, 0.4) is 0 Å². The molecule has 0 unspecified atom stereocenters. The molecule has 6 heteroatoms. The molecule has 0 radical (unpaired) electrons. The van der Waals surface area contributed by atoms with Gasteiger partial charge in [-0.1, -0.05) is 0 Å². The molecular formula is C14H19NO5. The Morgan fingerprint density at radius 2 is 2.25 bits per heavy atom. The highest BCUT2D eigenvalue weighted by Gasteiger charge is 2.36. The Balaban J connectivity index is 2.12. The lowest BCUT2D eigenvalue weighted by molar-refractivity contribution is -0.145. The number of carbonyl (C=O) groups excluding carboxylic acids is 1. The van der Waals surface area contributed by atoms with Gasteiger partial charge in [-0.05, 0) is 31.9 Å². The highest BCUT2D eigenvalue weighted by Crippen LogP contribution is 2.25. The smallest absolute Gasteiger partial charge is 0.308 e. The predicted octanol–water partition coefficient (Wildman–Crippen LogP) is 1.75. The van der Waals surface area contributed by atoms with Crippen LogP contribution in [0.1, 0.15) is 36.1 Å². The normalized spacial score (nSPS) is 22.8. The van der Waals surface area contributed by atoms with Crippen molar-refractivity contribution < 1.29 is 23.8 Å². The molecule has 1 N–H and O–H groups in total. The van der Waals surface area contributed by atoms with Crippen LogP contribution in [0.2, 0.25) is 0 Å². The van der Waals surface area contributed by atoms with E-state index in [1.165, 1.54) is 0 Å². The van der Waals surface area contributed by atoms with Gasteiger partial charge in [-0.25, -0.2) is 0 Å². The molecule has 1 aliphatic rings. The summed E-state index contributed by atoms with van der Waals surface area (Å²) in [5.41, 5.74) is 0. The molecule has 0 spiro atoms. The molecule has 2 atom stereocenters. The maximum atomic E-state index is 12.4. The number of rotatable bonds is 4. The maximum Gasteiger partial charge on any atom is 0.308 e. The third-order valence-electron chi connectivity index (χ3n) is 3.73. The zero-order chi connectivity index (χ0) is 14.7. The van der Waals surface area contributed by atoms with E-state index >= 15 is 0 Å². The lowest BCUT2D eigenvalue weighted by Crippen LogP contribution is -2.49. The minimum Gasteiger partial charge on any atom is -0.481 e. The summed E-state index contributed by atoms with van der Waals surface area (Å²) < 4.78 is 10.4. The number of amides is 1. The summed E-state index contributed by atoms with van der Waals surface area (Å²) in [5.74, 6) is -0.813. The van der Waals surface area contributed by atoms with E-state index in [1.807, 2.05) is 0 Å². The van der Waals surface area contributed by atoms with Gasteiger partial charge in [0.25, 0.3) is 5.91 Å². The van der Waals surface area contributed by atoms with Crippen LogP contribution in [0.15, 0.2) is 16.5 Å². The van der Waals surface area contributed by atoms with Gasteiger partial charge in [-0.2, -0.15) is 0 Å². The van der Waals surface area contributed by atoms with E-state index in [0.29, 0.717) is 31.8 Å². The first-order valence-corrected chi connectivity index (χ1v) is 6.66. The third kappa shape index (κ3) is 2.85. The van der Waals surface area contributed by atoms with Crippen LogP contribution >= 0.6 is 0 Å². The summed E-state index contributed by atoms with van der Waals surface area (Å²) in [4.78, 5) is 25.2. The summed E-state index contributed by atoms with van der Waals surface area (Å²) in [7, 11) is 1.55. The summed E-state index contributed by atoms with van der Waals surface area (Å²) in [6.45, 7) is 2.64. The molecule has 1 aromatic heterocycles. The van der Waals surface area contributed by atoms with Crippen molar-refractivity contribution in [1.29, 1.82) is 0 Å². The highest BCUT2D eigenvalue weighted by atomic mass is 16.5. The highest BCUT2D eigenvalue weighted by molar-refractivity contribution is 5.92. The fourth-order valence-electron chi connectivity index (χ4n) is 2.61. The van der Waals surface area contributed by atoms with Crippen molar-refractivity contribution in [2.24, 2.45) is 5.92 Å². The van der Waals surface area contributed by atoms with Gasteiger partial charge in [0, 0.05) is 19.7 Å². The van der Waals surface area contributed by atoms with Crippen LogP contribution in [0, 0.1) is 5.92 Å². The molecular weight excluding hydrogens is 262 g/mol. The number of ether oxygens (including phenoxy) is 1. The molecule has 1 aromatic rings. The van der Waals surface area contributed by atoms with Crippen molar-refractivity contribution in [3.8, 4) is 0 Å². The molecule has 2 rings (SSSR count). The first-order chi connectivity index (χ1) is 9.54. The second-order valence-corrected chi connectivity index (χ2v) is 5.03. The van der Waals surface area contributed by atoms with Crippen LogP contribution in [-0.2, 0) is 16.1 Å². The molecule has 2 heterocycles. The Kier molecular flexibility index (Phi) is 4.44. The molecule has 1 amide bonds. The summed E-state index contributed by atoms with van der Waals surface area (Å²) in [6, 6.07) is 2.97. The number of carboxylic acid groups (broad SMARTS) is 1. The first kappa shape index (κ1) is 14.6. The quantitative estimate of drug-likeness (QED) is 0.909. The van der Waals surface area contributed by atoms with Gasteiger partial charge in [-0.3, -0.25) is 9.59 Å². The fourth-order valence-corrected chi connectivity index (χ4v) is 2.61. The van der Waals surface area contributed by atoms with Gasteiger partial charge in [0.2, 0.25) is 0 Å². The second-order valence-electron chi connectivity index (χ2n) is 5.03. The van der Waals surface area contributed by atoms with Crippen molar-refractivity contribution in [3.63, 3.8) is 0 Å². The maximum absolute atomic E-state index is 12.4. The van der Waals surface area contributed by atoms with E-state index in [1.54, 1.807) is 31.1 Å². The van der Waals surface area contributed by atoms with E-state index in [-0.39, 0.29) is 17.7 Å². The van der Waals surface area contributed by atoms with Gasteiger partial charge >= 0.3 is 5.97 Å². The van der Waals surface area contributed by atoms with Crippen LogP contribution in [0.5, 0.6) is 0 Å². The summed E-state index contributed by atoms with van der Waals surface area (Å²) >= 11 is 0. The van der Waals surface area contributed by atoms with E-state index in [4.69, 9.17) is 9.15 Å². The van der Waals surface area contributed by atoms with E-state index in [9.17, 15) is 14.7 Å². The van der Waals surface area contributed by atoms with Crippen LogP contribution in [-0.4, -0.2) is 41.6 Å². The Bertz CT molecular complexity index is 496. The van der Waals surface area contributed by atoms with Gasteiger partial charge in [0.05, 0.1) is 5.92 Å². The minimum absolute atomic E-state index is 0.231. The van der Waals surface area contributed by atoms with Gasteiger partial charge in [0.1, 0.15) is 12.4 Å². The average molecular weight is 281 g/mol. The van der Waals surface area contributed by atoms with Gasteiger partial charge in [0.15, 0.2) is 5.76 Å². The number of carbonyl (C=O) groups is 2. The van der Waals surface area contributed by atoms with Crippen molar-refractivity contribution in [3.05, 3.63) is 23.7 Å². The summed E-state index contributed by atoms with van der Waals surface area (Å²) in [5, 5.41) is 9.17. The molecule has 0 aliphatic carbocycles. The average Bonchev–Trinajstić information content (AvgIpc) is 2.87. The van der Waals surface area contributed by atoms with Gasteiger partial charge < -0.3 is 19.2 Å². The van der Waals surface area contributed by atoms with E-state index in [2.05, 4.69) is 0 Å². The second kappa shape index (κ2) is 6.09. The monoisotopic (exact) mass is 281 g/mol. The Hall–Kier alpha value is -1.82. The van der Waals surface area contributed by atoms with Crippen molar-refractivity contribution >= 4 is 11.9 Å². The standard InChI is InChI=1S/C14H19NO5/c1-9-11(14(17)18)4-3-7-15(9)13(16)12-6-5-10(20-12)8-19-2/h5-6,9,11H,3-4,7-8H2,1-2H3,(H,17,18)/t9-,11-/m0/s1. The van der Waals surface area contributed by atoms with E-state index in [0.717, 1.165) is 0 Å².